The zero-order valence-corrected chi connectivity index (χ0v) is 18.9. The number of nitrogens with zero attached hydrogens (tertiary/aromatic N) is 2. The van der Waals surface area contributed by atoms with E-state index in [9.17, 15) is 4.39 Å². The normalized spacial score (nSPS) is 19.9. The molecule has 1 aromatic carbocycles. The molecular weight excluding hydrogens is 458 g/mol. The van der Waals surface area contributed by atoms with Crippen molar-refractivity contribution < 1.29 is 9.13 Å². The van der Waals surface area contributed by atoms with Crippen molar-refractivity contribution in [1.82, 2.24) is 15.5 Å². The van der Waals surface area contributed by atoms with Crippen LogP contribution in [0.4, 0.5) is 4.39 Å². The van der Waals surface area contributed by atoms with E-state index >= 15 is 0 Å². The average Bonchev–Trinajstić information content (AvgIpc) is 3.44. The Hall–Kier alpha value is -0.930. The molecule has 0 atom stereocenters. The number of nitrogens with one attached hydrogen (secondary N) is 2. The number of morpholine rings is 1. The molecule has 2 aliphatic rings. The lowest BCUT2D eigenvalue weighted by molar-refractivity contribution is -0.00834. The van der Waals surface area contributed by atoms with Gasteiger partial charge in [-0.3, -0.25) is 9.89 Å². The molecule has 0 spiro atoms. The van der Waals surface area contributed by atoms with Crippen LogP contribution < -0.4 is 10.6 Å². The van der Waals surface area contributed by atoms with Crippen molar-refractivity contribution >= 4 is 29.9 Å². The molecule has 0 amide bonds. The highest BCUT2D eigenvalue weighted by atomic mass is 127. The summed E-state index contributed by atoms with van der Waals surface area (Å²) in [5.41, 5.74) is 1.36. The molecule has 0 unspecified atom stereocenters. The number of hydrogen-bond donors (Lipinski definition) is 2. The van der Waals surface area contributed by atoms with Crippen LogP contribution in [0.3, 0.4) is 0 Å². The lowest BCUT2D eigenvalue weighted by Gasteiger charge is -2.41. The summed E-state index contributed by atoms with van der Waals surface area (Å²) in [6.45, 7) is 9.67. The van der Waals surface area contributed by atoms with Crippen LogP contribution in [0, 0.1) is 5.82 Å². The number of hydrogen-bond acceptors (Lipinski definition) is 3. The van der Waals surface area contributed by atoms with E-state index in [1.807, 2.05) is 12.1 Å². The van der Waals surface area contributed by atoms with Gasteiger partial charge in [0.15, 0.2) is 5.96 Å². The summed E-state index contributed by atoms with van der Waals surface area (Å²) in [6.07, 6.45) is 2.25. The van der Waals surface area contributed by atoms with E-state index in [2.05, 4.69) is 34.4 Å². The highest BCUT2D eigenvalue weighted by molar-refractivity contribution is 14.0. The van der Waals surface area contributed by atoms with Crippen molar-refractivity contribution in [2.75, 3.05) is 46.4 Å². The number of benzene rings is 1. The molecule has 0 radical (unpaired) electrons. The molecule has 0 aromatic heterocycles. The molecule has 5 nitrogen and oxygen atoms in total. The van der Waals surface area contributed by atoms with Gasteiger partial charge < -0.3 is 15.4 Å². The van der Waals surface area contributed by atoms with Crippen molar-refractivity contribution in [1.29, 1.82) is 0 Å². The maximum atomic E-state index is 13.2. The summed E-state index contributed by atoms with van der Waals surface area (Å²) in [5, 5.41) is 6.93. The molecule has 3 rings (SSSR count). The van der Waals surface area contributed by atoms with Gasteiger partial charge in [0, 0.05) is 44.2 Å². The summed E-state index contributed by atoms with van der Waals surface area (Å²) in [7, 11) is 1.80. The predicted octanol–water partition coefficient (Wildman–Crippen LogP) is 2.75. The first-order valence-corrected chi connectivity index (χ1v) is 9.49. The number of halogens is 2. The Bertz CT molecular complexity index is 625. The fourth-order valence-electron chi connectivity index (χ4n) is 3.58. The maximum Gasteiger partial charge on any atom is 0.191 e. The van der Waals surface area contributed by atoms with E-state index < -0.39 is 0 Å². The summed E-state index contributed by atoms with van der Waals surface area (Å²) < 4.78 is 18.6. The average molecular weight is 490 g/mol. The molecule has 1 heterocycles. The van der Waals surface area contributed by atoms with Gasteiger partial charge in [0.25, 0.3) is 0 Å². The van der Waals surface area contributed by atoms with Crippen LogP contribution in [0.25, 0.3) is 0 Å². The Balaban J connectivity index is 0.00000261. The lowest BCUT2D eigenvalue weighted by atomic mass is 9.96. The first-order chi connectivity index (χ1) is 12.5. The smallest absolute Gasteiger partial charge is 0.191 e. The van der Waals surface area contributed by atoms with E-state index in [0.29, 0.717) is 0 Å². The minimum atomic E-state index is -0.180. The molecule has 2 N–H and O–H groups in total. The first-order valence-electron chi connectivity index (χ1n) is 9.49. The third kappa shape index (κ3) is 5.77. The van der Waals surface area contributed by atoms with Crippen molar-refractivity contribution in [3.05, 3.63) is 35.6 Å². The number of ether oxygens (including phenoxy) is 1. The standard InChI is InChI=1S/C20H31FN4O.HI/c1-19(2,25-10-12-26-13-11-25)14-23-18(22-3)24-15-20(8-9-20)16-4-6-17(21)7-5-16;/h4-7H,8-15H2,1-3H3,(H2,22,23,24);1H. The van der Waals surface area contributed by atoms with Crippen molar-refractivity contribution in [3.8, 4) is 0 Å². The van der Waals surface area contributed by atoms with Gasteiger partial charge in [0.1, 0.15) is 5.82 Å². The van der Waals surface area contributed by atoms with Crippen molar-refractivity contribution in [2.24, 2.45) is 4.99 Å². The van der Waals surface area contributed by atoms with Gasteiger partial charge >= 0.3 is 0 Å². The zero-order chi connectivity index (χ0) is 18.6. The summed E-state index contributed by atoms with van der Waals surface area (Å²) in [6, 6.07) is 6.91. The number of guanidine groups is 1. The van der Waals surface area contributed by atoms with Gasteiger partial charge in [-0.2, -0.15) is 0 Å². The largest absolute Gasteiger partial charge is 0.379 e. The van der Waals surface area contributed by atoms with Gasteiger partial charge in [-0.1, -0.05) is 12.1 Å². The Morgan fingerprint density at radius 2 is 1.81 bits per heavy atom. The zero-order valence-electron chi connectivity index (χ0n) is 16.6. The van der Waals surface area contributed by atoms with Crippen LogP contribution in [0.15, 0.2) is 29.3 Å². The van der Waals surface area contributed by atoms with E-state index in [0.717, 1.165) is 58.2 Å². The monoisotopic (exact) mass is 490 g/mol. The minimum absolute atomic E-state index is 0. The van der Waals surface area contributed by atoms with Crippen LogP contribution in [-0.4, -0.2) is 62.8 Å². The molecule has 1 aromatic rings. The number of aliphatic imine (C=N–C) groups is 1. The molecule has 1 saturated carbocycles. The molecule has 1 aliphatic carbocycles. The van der Waals surface area contributed by atoms with Gasteiger partial charge in [0.2, 0.25) is 0 Å². The highest BCUT2D eigenvalue weighted by Crippen LogP contribution is 2.47. The van der Waals surface area contributed by atoms with Gasteiger partial charge in [-0.15, -0.1) is 24.0 Å². The third-order valence-electron chi connectivity index (χ3n) is 5.68. The number of rotatable bonds is 6. The van der Waals surface area contributed by atoms with Gasteiger partial charge in [0.05, 0.1) is 13.2 Å². The Morgan fingerprint density at radius 3 is 2.37 bits per heavy atom. The van der Waals surface area contributed by atoms with Crippen LogP contribution in [0.5, 0.6) is 0 Å². The topological polar surface area (TPSA) is 48.9 Å². The van der Waals surface area contributed by atoms with E-state index in [4.69, 9.17) is 4.74 Å². The quantitative estimate of drug-likeness (QED) is 0.366. The molecule has 152 valence electrons. The molecule has 1 aliphatic heterocycles. The fourth-order valence-corrected chi connectivity index (χ4v) is 3.58. The minimum Gasteiger partial charge on any atom is -0.379 e. The Morgan fingerprint density at radius 1 is 1.19 bits per heavy atom. The molecule has 1 saturated heterocycles. The van der Waals surface area contributed by atoms with Gasteiger partial charge in [-0.25, -0.2) is 4.39 Å². The fraction of sp³-hybridized carbons (Fsp3) is 0.650. The second-order valence-electron chi connectivity index (χ2n) is 7.98. The van der Waals surface area contributed by atoms with Crippen molar-refractivity contribution in [2.45, 2.75) is 37.6 Å². The molecule has 7 heteroatoms. The van der Waals surface area contributed by atoms with Crippen molar-refractivity contribution in [3.63, 3.8) is 0 Å². The van der Waals surface area contributed by atoms with Crippen LogP contribution in [0.2, 0.25) is 0 Å². The van der Waals surface area contributed by atoms with Crippen LogP contribution >= 0.6 is 24.0 Å². The lowest BCUT2D eigenvalue weighted by Crippen LogP contribution is -2.56. The summed E-state index contributed by atoms with van der Waals surface area (Å²) >= 11 is 0. The molecular formula is C20H32FIN4O. The predicted molar refractivity (Wildman–Crippen MR) is 119 cm³/mol. The van der Waals surface area contributed by atoms with E-state index in [-0.39, 0.29) is 40.7 Å². The highest BCUT2D eigenvalue weighted by Gasteiger charge is 2.44. The van der Waals surface area contributed by atoms with E-state index in [1.54, 1.807) is 19.2 Å². The molecule has 2 fully saturated rings. The summed E-state index contributed by atoms with van der Waals surface area (Å²) in [4.78, 5) is 6.82. The first kappa shape index (κ1) is 22.4. The molecule has 27 heavy (non-hydrogen) atoms. The third-order valence-corrected chi connectivity index (χ3v) is 5.68. The summed E-state index contributed by atoms with van der Waals surface area (Å²) in [5.74, 6) is 0.639. The van der Waals surface area contributed by atoms with E-state index in [1.165, 1.54) is 5.56 Å². The Labute approximate surface area is 179 Å². The van der Waals surface area contributed by atoms with Crippen LogP contribution in [-0.2, 0) is 10.2 Å². The second kappa shape index (κ2) is 9.52. The Kier molecular flexibility index (Phi) is 7.88. The molecule has 0 bridgehead atoms. The second-order valence-corrected chi connectivity index (χ2v) is 7.98. The van der Waals surface area contributed by atoms with Gasteiger partial charge in [-0.05, 0) is 44.4 Å². The SMILES string of the molecule is CN=C(NCC1(c2ccc(F)cc2)CC1)NCC(C)(C)N1CCOCC1.I. The maximum absolute atomic E-state index is 13.2. The van der Waals surface area contributed by atoms with Crippen LogP contribution in [0.1, 0.15) is 32.3 Å².